The molecule has 0 aromatic heterocycles. The van der Waals surface area contributed by atoms with E-state index < -0.39 is 0 Å². The maximum Gasteiger partial charge on any atom is 0.233 e. The molecule has 180 valence electrons. The van der Waals surface area contributed by atoms with E-state index in [-0.39, 0.29) is 65.6 Å². The summed E-state index contributed by atoms with van der Waals surface area (Å²) in [6, 6.07) is 7.97. The van der Waals surface area contributed by atoms with Crippen molar-refractivity contribution < 1.29 is 14.3 Å². The van der Waals surface area contributed by atoms with Crippen LogP contribution in [0.15, 0.2) is 41.4 Å². The number of carbonyl (C=O) groups excluding carboxylic acids is 2. The van der Waals surface area contributed by atoms with Crippen LogP contribution in [0, 0.1) is 23.7 Å². The number of hydrogen-bond donors (Lipinski definition) is 2. The number of allylic oxidation sites excluding steroid dienone is 2. The molecule has 2 fully saturated rings. The Morgan fingerprint density at radius 3 is 2.48 bits per heavy atom. The molecule has 7 nitrogen and oxygen atoms in total. The Kier molecular flexibility index (Phi) is 8.78. The minimum Gasteiger partial charge on any atom is -0.491 e. The number of nitrogens with zero attached hydrogens (tertiary/aromatic N) is 2. The van der Waals surface area contributed by atoms with E-state index in [0.717, 1.165) is 30.2 Å². The van der Waals surface area contributed by atoms with Gasteiger partial charge < -0.3 is 15.4 Å². The minimum absolute atomic E-state index is 0. The molecule has 4 rings (SSSR count). The van der Waals surface area contributed by atoms with Crippen molar-refractivity contribution >= 4 is 41.8 Å². The van der Waals surface area contributed by atoms with Crippen LogP contribution in [0.1, 0.15) is 39.2 Å². The fraction of sp³-hybridized carbons (Fsp3) is 0.560. The SMILES string of the molecule is CCNC(=NCc1cccc(OC(C)C)c1)NCCCN1C(=O)C2C3C=CC(C3)C2C1=O.I. The predicted molar refractivity (Wildman–Crippen MR) is 139 cm³/mol. The van der Waals surface area contributed by atoms with Crippen molar-refractivity contribution in [2.45, 2.75) is 46.3 Å². The second-order valence-electron chi connectivity index (χ2n) is 9.12. The van der Waals surface area contributed by atoms with Gasteiger partial charge in [0, 0.05) is 19.6 Å². The van der Waals surface area contributed by atoms with E-state index in [1.54, 1.807) is 0 Å². The summed E-state index contributed by atoms with van der Waals surface area (Å²) in [5.41, 5.74) is 1.07. The molecule has 3 aliphatic rings. The summed E-state index contributed by atoms with van der Waals surface area (Å²) in [5, 5.41) is 6.57. The third kappa shape index (κ3) is 5.70. The molecule has 0 spiro atoms. The molecule has 2 N–H and O–H groups in total. The van der Waals surface area contributed by atoms with Gasteiger partial charge in [0.15, 0.2) is 5.96 Å². The Morgan fingerprint density at radius 2 is 1.85 bits per heavy atom. The Balaban J connectivity index is 0.00000306. The van der Waals surface area contributed by atoms with E-state index in [1.165, 1.54) is 4.90 Å². The zero-order chi connectivity index (χ0) is 22.7. The van der Waals surface area contributed by atoms with Crippen LogP contribution in [0.25, 0.3) is 0 Å². The highest BCUT2D eigenvalue weighted by molar-refractivity contribution is 14.0. The van der Waals surface area contributed by atoms with Crippen molar-refractivity contribution in [3.05, 3.63) is 42.0 Å². The van der Waals surface area contributed by atoms with Gasteiger partial charge in [-0.1, -0.05) is 24.3 Å². The maximum atomic E-state index is 12.8. The number of nitrogens with one attached hydrogen (secondary N) is 2. The first-order valence-corrected chi connectivity index (χ1v) is 11.8. The standard InChI is InChI=1S/C25H34N4O3.HI/c1-4-26-25(28-15-17-7-5-8-20(13-17)32-16(2)3)27-11-6-12-29-23(30)21-18-9-10-19(14-18)22(21)24(29)31;/h5,7-10,13,16,18-19,21-22H,4,6,11-12,14-15H2,1-3H3,(H2,26,27,28);1H. The molecule has 2 aliphatic carbocycles. The van der Waals surface area contributed by atoms with Crippen molar-refractivity contribution in [3.63, 3.8) is 0 Å². The molecule has 1 saturated carbocycles. The van der Waals surface area contributed by atoms with Gasteiger partial charge in [-0.05, 0) is 63.1 Å². The van der Waals surface area contributed by atoms with Crippen LogP contribution in [0.4, 0.5) is 0 Å². The molecular formula is C25H35IN4O3. The average molecular weight is 566 g/mol. The molecule has 33 heavy (non-hydrogen) atoms. The summed E-state index contributed by atoms with van der Waals surface area (Å²) in [4.78, 5) is 31.7. The summed E-state index contributed by atoms with van der Waals surface area (Å²) < 4.78 is 5.76. The Bertz CT molecular complexity index is 887. The van der Waals surface area contributed by atoms with Gasteiger partial charge in [-0.3, -0.25) is 14.5 Å². The Labute approximate surface area is 213 Å². The monoisotopic (exact) mass is 566 g/mol. The third-order valence-corrected chi connectivity index (χ3v) is 6.45. The highest BCUT2D eigenvalue weighted by Gasteiger charge is 2.58. The number of amides is 2. The van der Waals surface area contributed by atoms with Gasteiger partial charge in [0.2, 0.25) is 11.8 Å². The van der Waals surface area contributed by atoms with Gasteiger partial charge in [-0.15, -0.1) is 24.0 Å². The lowest BCUT2D eigenvalue weighted by molar-refractivity contribution is -0.140. The second-order valence-corrected chi connectivity index (χ2v) is 9.12. The number of guanidine groups is 1. The predicted octanol–water partition coefficient (Wildman–Crippen LogP) is 3.34. The number of halogens is 1. The number of fused-ring (bicyclic) bond motifs is 5. The summed E-state index contributed by atoms with van der Waals surface area (Å²) in [6.45, 7) is 8.43. The fourth-order valence-corrected chi connectivity index (χ4v) is 5.13. The molecule has 1 saturated heterocycles. The number of ether oxygens (including phenoxy) is 1. The highest BCUT2D eigenvalue weighted by atomic mass is 127. The lowest BCUT2D eigenvalue weighted by Gasteiger charge is -2.18. The van der Waals surface area contributed by atoms with E-state index >= 15 is 0 Å². The van der Waals surface area contributed by atoms with Crippen LogP contribution in [0.5, 0.6) is 5.75 Å². The van der Waals surface area contributed by atoms with Gasteiger partial charge in [0.05, 0.1) is 24.5 Å². The van der Waals surface area contributed by atoms with E-state index in [4.69, 9.17) is 4.74 Å². The maximum absolute atomic E-state index is 12.8. The van der Waals surface area contributed by atoms with Crippen LogP contribution < -0.4 is 15.4 Å². The van der Waals surface area contributed by atoms with Crippen molar-refractivity contribution in [1.29, 1.82) is 0 Å². The zero-order valence-corrected chi connectivity index (χ0v) is 22.0. The smallest absolute Gasteiger partial charge is 0.233 e. The van der Waals surface area contributed by atoms with Crippen molar-refractivity contribution in [1.82, 2.24) is 15.5 Å². The van der Waals surface area contributed by atoms with Crippen molar-refractivity contribution in [2.75, 3.05) is 19.6 Å². The van der Waals surface area contributed by atoms with Crippen LogP contribution in [0.3, 0.4) is 0 Å². The quantitative estimate of drug-likeness (QED) is 0.120. The van der Waals surface area contributed by atoms with Crippen molar-refractivity contribution in [2.24, 2.45) is 28.7 Å². The van der Waals surface area contributed by atoms with Gasteiger partial charge in [0.1, 0.15) is 5.75 Å². The molecule has 2 bridgehead atoms. The number of benzene rings is 1. The summed E-state index contributed by atoms with van der Waals surface area (Å²) >= 11 is 0. The molecule has 0 radical (unpaired) electrons. The Morgan fingerprint density at radius 1 is 1.15 bits per heavy atom. The lowest BCUT2D eigenvalue weighted by atomic mass is 9.85. The Hall–Kier alpha value is -2.10. The largest absolute Gasteiger partial charge is 0.491 e. The number of imide groups is 1. The average Bonchev–Trinajstić information content (AvgIpc) is 3.44. The van der Waals surface area contributed by atoms with Gasteiger partial charge in [0.25, 0.3) is 0 Å². The van der Waals surface area contributed by atoms with E-state index in [1.807, 2.05) is 45.0 Å². The molecule has 2 amide bonds. The number of hydrogen-bond acceptors (Lipinski definition) is 4. The fourth-order valence-electron chi connectivity index (χ4n) is 5.13. The molecule has 1 aromatic carbocycles. The zero-order valence-electron chi connectivity index (χ0n) is 19.6. The van der Waals surface area contributed by atoms with E-state index in [2.05, 4.69) is 27.8 Å². The first kappa shape index (κ1) is 25.5. The highest BCUT2D eigenvalue weighted by Crippen LogP contribution is 2.52. The van der Waals surface area contributed by atoms with Gasteiger partial charge in [-0.2, -0.15) is 0 Å². The topological polar surface area (TPSA) is 83.0 Å². The molecular weight excluding hydrogens is 531 g/mol. The summed E-state index contributed by atoms with van der Waals surface area (Å²) in [5.74, 6) is 1.93. The number of rotatable bonds is 9. The molecule has 1 heterocycles. The molecule has 8 heteroatoms. The van der Waals surface area contributed by atoms with E-state index in [9.17, 15) is 9.59 Å². The van der Waals surface area contributed by atoms with Gasteiger partial charge >= 0.3 is 0 Å². The van der Waals surface area contributed by atoms with Crippen molar-refractivity contribution in [3.8, 4) is 5.75 Å². The lowest BCUT2D eigenvalue weighted by Crippen LogP contribution is -2.40. The van der Waals surface area contributed by atoms with Crippen LogP contribution in [-0.2, 0) is 16.1 Å². The van der Waals surface area contributed by atoms with Crippen LogP contribution in [-0.4, -0.2) is 48.4 Å². The third-order valence-electron chi connectivity index (χ3n) is 6.45. The summed E-state index contributed by atoms with van der Waals surface area (Å²) in [6.07, 6.45) is 6.06. The molecule has 4 atom stereocenters. The number of carbonyl (C=O) groups is 2. The second kappa shape index (κ2) is 11.4. The van der Waals surface area contributed by atoms with Gasteiger partial charge in [-0.25, -0.2) is 4.99 Å². The first-order chi connectivity index (χ1) is 15.5. The normalized spacial score (nSPS) is 25.5. The van der Waals surface area contributed by atoms with E-state index in [0.29, 0.717) is 26.1 Å². The summed E-state index contributed by atoms with van der Waals surface area (Å²) in [7, 11) is 0. The first-order valence-electron chi connectivity index (χ1n) is 11.8. The minimum atomic E-state index is -0.111. The molecule has 4 unspecified atom stereocenters. The number of aliphatic imine (C=N–C) groups is 1. The molecule has 1 aliphatic heterocycles. The van der Waals surface area contributed by atoms with Crippen LogP contribution in [0.2, 0.25) is 0 Å². The number of likely N-dealkylation sites (tertiary alicyclic amines) is 1. The molecule has 1 aromatic rings. The van der Waals surface area contributed by atoms with Crippen LogP contribution >= 0.6 is 24.0 Å².